The van der Waals surface area contributed by atoms with Gasteiger partial charge in [-0.2, -0.15) is 0 Å². The molecule has 2 aliphatic heterocycles. The number of halogens is 1. The molecule has 2 atom stereocenters. The van der Waals surface area contributed by atoms with Crippen LogP contribution in [0.1, 0.15) is 18.9 Å². The minimum Gasteiger partial charge on any atom is -0.369 e. The van der Waals surface area contributed by atoms with Crippen molar-refractivity contribution in [3.05, 3.63) is 10.8 Å². The summed E-state index contributed by atoms with van der Waals surface area (Å²) in [4.78, 5) is 11.0. The smallest absolute Gasteiger partial charge is 0.226 e. The van der Waals surface area contributed by atoms with Gasteiger partial charge in [0.1, 0.15) is 11.6 Å². The van der Waals surface area contributed by atoms with Crippen LogP contribution in [0.5, 0.6) is 0 Å². The molecule has 3 heterocycles. The van der Waals surface area contributed by atoms with Crippen LogP contribution in [0.15, 0.2) is 0 Å². The van der Waals surface area contributed by atoms with Gasteiger partial charge in [0.2, 0.25) is 5.28 Å². The Morgan fingerprint density at radius 2 is 2.16 bits per heavy atom. The van der Waals surface area contributed by atoms with Gasteiger partial charge >= 0.3 is 0 Å². The Labute approximate surface area is 118 Å². The van der Waals surface area contributed by atoms with Crippen LogP contribution in [0, 0.1) is 5.92 Å². The Hall–Kier alpha value is -1.07. The van der Waals surface area contributed by atoms with Crippen LogP contribution in [0.3, 0.4) is 0 Å². The quantitative estimate of drug-likeness (QED) is 0.806. The van der Waals surface area contributed by atoms with Gasteiger partial charge in [-0.15, -0.1) is 0 Å². The van der Waals surface area contributed by atoms with Gasteiger partial charge in [0.25, 0.3) is 0 Å². The minimum atomic E-state index is 0.325. The fraction of sp³-hybridized carbons (Fsp3) is 0.692. The molecule has 0 bridgehead atoms. The number of likely N-dealkylation sites (N-methyl/N-ethyl adjacent to an activating group) is 1. The highest BCUT2D eigenvalue weighted by Crippen LogP contribution is 2.32. The number of rotatable bonds is 2. The first kappa shape index (κ1) is 12.9. The van der Waals surface area contributed by atoms with Crippen LogP contribution < -0.4 is 15.5 Å². The number of fused-ring (bicyclic) bond motifs is 1. The average Bonchev–Trinajstić information content (AvgIpc) is 2.85. The Kier molecular flexibility index (Phi) is 3.50. The van der Waals surface area contributed by atoms with Crippen molar-refractivity contribution >= 4 is 23.2 Å². The predicted molar refractivity (Wildman–Crippen MR) is 78.1 cm³/mol. The van der Waals surface area contributed by atoms with E-state index in [4.69, 9.17) is 11.6 Å². The number of hydrogen-bond acceptors (Lipinski definition) is 5. The molecule has 0 radical (unpaired) electrons. The molecule has 1 aromatic heterocycles. The van der Waals surface area contributed by atoms with Crippen LogP contribution >= 0.6 is 11.6 Å². The van der Waals surface area contributed by atoms with Gasteiger partial charge in [0.05, 0.1) is 0 Å². The maximum absolute atomic E-state index is 6.04. The van der Waals surface area contributed by atoms with E-state index in [9.17, 15) is 0 Å². The SMILES string of the molecule is C[C@@H]1CCNC[C@@H]1N(C)c1nc(Cl)nc2c1CCN2. The summed E-state index contributed by atoms with van der Waals surface area (Å²) < 4.78 is 0. The van der Waals surface area contributed by atoms with Crippen molar-refractivity contribution in [1.29, 1.82) is 0 Å². The Balaban J connectivity index is 1.93. The van der Waals surface area contributed by atoms with Crippen molar-refractivity contribution in [2.24, 2.45) is 5.92 Å². The van der Waals surface area contributed by atoms with Crippen LogP contribution in [0.2, 0.25) is 5.28 Å². The molecule has 2 aliphatic rings. The molecule has 0 unspecified atom stereocenters. The maximum atomic E-state index is 6.04. The summed E-state index contributed by atoms with van der Waals surface area (Å²) in [6, 6.07) is 0.462. The zero-order chi connectivity index (χ0) is 13.4. The highest BCUT2D eigenvalue weighted by atomic mass is 35.5. The minimum absolute atomic E-state index is 0.325. The van der Waals surface area contributed by atoms with Crippen LogP contribution in [0.25, 0.3) is 0 Å². The topological polar surface area (TPSA) is 53.1 Å². The van der Waals surface area contributed by atoms with Crippen LogP contribution in [-0.2, 0) is 6.42 Å². The predicted octanol–water partition coefficient (Wildman–Crippen LogP) is 1.53. The summed E-state index contributed by atoms with van der Waals surface area (Å²) in [5, 5.41) is 7.06. The lowest BCUT2D eigenvalue weighted by Crippen LogP contribution is -2.49. The van der Waals surface area contributed by atoms with E-state index in [0.29, 0.717) is 17.2 Å². The van der Waals surface area contributed by atoms with E-state index < -0.39 is 0 Å². The molecule has 0 aliphatic carbocycles. The monoisotopic (exact) mass is 281 g/mol. The third-order valence-corrected chi connectivity index (χ3v) is 4.41. The van der Waals surface area contributed by atoms with Gasteiger partial charge in [-0.1, -0.05) is 6.92 Å². The standard InChI is InChI=1S/C13H20ClN5/c1-8-3-5-15-7-10(8)19(2)12-9-4-6-16-11(9)17-13(14)18-12/h8,10,15H,3-7H2,1-2H3,(H,16,17,18)/t8-,10+/m1/s1. The highest BCUT2D eigenvalue weighted by Gasteiger charge is 2.29. The van der Waals surface area contributed by atoms with E-state index in [0.717, 1.165) is 37.7 Å². The number of nitrogens with zero attached hydrogens (tertiary/aromatic N) is 3. The van der Waals surface area contributed by atoms with Gasteiger partial charge in [-0.05, 0) is 36.9 Å². The third-order valence-electron chi connectivity index (χ3n) is 4.24. The first-order valence-electron chi connectivity index (χ1n) is 6.90. The van der Waals surface area contributed by atoms with Crippen molar-refractivity contribution in [1.82, 2.24) is 15.3 Å². The highest BCUT2D eigenvalue weighted by molar-refractivity contribution is 6.28. The zero-order valence-electron chi connectivity index (χ0n) is 11.4. The molecule has 1 aromatic rings. The first-order valence-corrected chi connectivity index (χ1v) is 7.28. The third kappa shape index (κ3) is 2.37. The number of nitrogens with one attached hydrogen (secondary N) is 2. The van der Waals surface area contributed by atoms with Gasteiger partial charge < -0.3 is 15.5 Å². The summed E-state index contributed by atoms with van der Waals surface area (Å²) in [7, 11) is 2.12. The van der Waals surface area contributed by atoms with Crippen molar-refractivity contribution in [3.63, 3.8) is 0 Å². The molecule has 0 saturated carbocycles. The van der Waals surface area contributed by atoms with Crippen molar-refractivity contribution < 1.29 is 0 Å². The van der Waals surface area contributed by atoms with Crippen molar-refractivity contribution in [2.45, 2.75) is 25.8 Å². The first-order chi connectivity index (χ1) is 9.16. The second-order valence-electron chi connectivity index (χ2n) is 5.47. The van der Waals surface area contributed by atoms with Gasteiger partial charge in [-0.25, -0.2) is 9.97 Å². The van der Waals surface area contributed by atoms with Crippen molar-refractivity contribution in [2.75, 3.05) is 36.9 Å². The van der Waals surface area contributed by atoms with Gasteiger partial charge in [0, 0.05) is 31.7 Å². The largest absolute Gasteiger partial charge is 0.369 e. The molecular formula is C13H20ClN5. The molecule has 3 rings (SSSR count). The van der Waals surface area contributed by atoms with Crippen LogP contribution in [0.4, 0.5) is 11.6 Å². The molecule has 1 fully saturated rings. The summed E-state index contributed by atoms with van der Waals surface area (Å²) >= 11 is 6.04. The molecule has 0 spiro atoms. The number of aromatic nitrogens is 2. The lowest BCUT2D eigenvalue weighted by molar-refractivity contribution is 0.337. The van der Waals surface area contributed by atoms with Gasteiger partial charge in [-0.3, -0.25) is 0 Å². The molecule has 6 heteroatoms. The molecule has 1 saturated heterocycles. The fourth-order valence-electron chi connectivity index (χ4n) is 3.07. The normalized spacial score (nSPS) is 25.8. The Morgan fingerprint density at radius 3 is 2.95 bits per heavy atom. The molecular weight excluding hydrogens is 262 g/mol. The number of piperidine rings is 1. The second-order valence-corrected chi connectivity index (χ2v) is 5.81. The summed E-state index contributed by atoms with van der Waals surface area (Å²) in [5.41, 5.74) is 1.20. The van der Waals surface area contributed by atoms with E-state index >= 15 is 0 Å². The Bertz CT molecular complexity index is 478. The van der Waals surface area contributed by atoms with Gasteiger partial charge in [0.15, 0.2) is 0 Å². The van der Waals surface area contributed by atoms with E-state index in [1.165, 1.54) is 12.0 Å². The summed E-state index contributed by atoms with van der Waals surface area (Å²) in [6.07, 6.45) is 2.18. The van der Waals surface area contributed by atoms with E-state index in [-0.39, 0.29) is 0 Å². The molecule has 104 valence electrons. The van der Waals surface area contributed by atoms with E-state index in [2.05, 4.69) is 39.5 Å². The molecule has 2 N–H and O–H groups in total. The molecule has 19 heavy (non-hydrogen) atoms. The lowest BCUT2D eigenvalue weighted by Gasteiger charge is -2.38. The lowest BCUT2D eigenvalue weighted by atomic mass is 9.93. The summed E-state index contributed by atoms with van der Waals surface area (Å²) in [5.74, 6) is 2.55. The number of anilines is 2. The molecule has 0 amide bonds. The second kappa shape index (κ2) is 5.13. The zero-order valence-corrected chi connectivity index (χ0v) is 12.2. The molecule has 0 aromatic carbocycles. The van der Waals surface area contributed by atoms with E-state index in [1.54, 1.807) is 0 Å². The van der Waals surface area contributed by atoms with Crippen molar-refractivity contribution in [3.8, 4) is 0 Å². The Morgan fingerprint density at radius 1 is 1.32 bits per heavy atom. The molecule has 5 nitrogen and oxygen atoms in total. The summed E-state index contributed by atoms with van der Waals surface area (Å²) in [6.45, 7) is 5.34. The fourth-order valence-corrected chi connectivity index (χ4v) is 3.23. The van der Waals surface area contributed by atoms with E-state index in [1.807, 2.05) is 0 Å². The average molecular weight is 282 g/mol. The van der Waals surface area contributed by atoms with Crippen LogP contribution in [-0.4, -0.2) is 42.7 Å². The maximum Gasteiger partial charge on any atom is 0.226 e. The number of hydrogen-bond donors (Lipinski definition) is 2.